The Hall–Kier alpha value is -2.03. The molecular weight excluding hydrogens is 367 g/mol. The van der Waals surface area contributed by atoms with Gasteiger partial charge in [0.05, 0.1) is 6.21 Å². The molecule has 0 atom stereocenters. The van der Waals surface area contributed by atoms with Gasteiger partial charge >= 0.3 is 6.18 Å². The molecule has 0 fully saturated rings. The number of rotatable bonds is 3. The van der Waals surface area contributed by atoms with Gasteiger partial charge in [-0.05, 0) is 19.1 Å². The van der Waals surface area contributed by atoms with E-state index in [-0.39, 0.29) is 27.7 Å². The van der Waals surface area contributed by atoms with Crippen LogP contribution in [0.5, 0.6) is 5.75 Å². The minimum Gasteiger partial charge on any atom is -0.507 e. The number of oxime groups is 1. The van der Waals surface area contributed by atoms with Crippen LogP contribution in [0.2, 0.25) is 0 Å². The van der Waals surface area contributed by atoms with Gasteiger partial charge in [0.15, 0.2) is 5.69 Å². The fourth-order valence-corrected chi connectivity index (χ4v) is 2.51. The van der Waals surface area contributed by atoms with Crippen molar-refractivity contribution in [3.63, 3.8) is 0 Å². The Balaban J connectivity index is 2.76. The van der Waals surface area contributed by atoms with Gasteiger partial charge in [-0.25, -0.2) is 0 Å². The third-order valence-electron chi connectivity index (χ3n) is 2.98. The van der Waals surface area contributed by atoms with Crippen LogP contribution in [0, 0.1) is 0 Å². The number of nitrogens with zero attached hydrogens (tertiary/aromatic N) is 3. The number of phenols is 1. The third kappa shape index (κ3) is 2.94. The molecule has 0 aliphatic rings. The standard InChI is InChI=1S/C13H11BrF3N3O2/c1-2-20-6-8(12(19-20)13(15,16)17)10-9(14)4-3-7(5-18-22)11(10)21/h3-6,21-22H,2H2,1H3. The second-order valence-corrected chi connectivity index (χ2v) is 5.20. The molecule has 0 aliphatic heterocycles. The fraction of sp³-hybridized carbons (Fsp3) is 0.231. The van der Waals surface area contributed by atoms with E-state index in [0.29, 0.717) is 0 Å². The van der Waals surface area contributed by atoms with Crippen LogP contribution in [0.15, 0.2) is 28.0 Å². The number of phenolic OH excluding ortho intramolecular Hbond substituents is 1. The first-order valence-electron chi connectivity index (χ1n) is 6.13. The van der Waals surface area contributed by atoms with Crippen LogP contribution in [0.4, 0.5) is 13.2 Å². The van der Waals surface area contributed by atoms with E-state index in [4.69, 9.17) is 5.21 Å². The molecule has 0 aliphatic carbocycles. The molecule has 0 saturated carbocycles. The SMILES string of the molecule is CCn1cc(-c2c(Br)ccc(C=NO)c2O)c(C(F)(F)F)n1. The lowest BCUT2D eigenvalue weighted by Gasteiger charge is -2.11. The first-order valence-corrected chi connectivity index (χ1v) is 6.92. The van der Waals surface area contributed by atoms with Crippen LogP contribution in [0.25, 0.3) is 11.1 Å². The summed E-state index contributed by atoms with van der Waals surface area (Å²) in [4.78, 5) is 0. The van der Waals surface area contributed by atoms with Gasteiger partial charge in [-0.2, -0.15) is 18.3 Å². The fourth-order valence-electron chi connectivity index (χ4n) is 1.98. The van der Waals surface area contributed by atoms with E-state index in [9.17, 15) is 18.3 Å². The zero-order chi connectivity index (χ0) is 16.5. The molecule has 9 heteroatoms. The Morgan fingerprint density at radius 2 is 2.09 bits per heavy atom. The zero-order valence-electron chi connectivity index (χ0n) is 11.3. The number of aromatic hydroxyl groups is 1. The van der Waals surface area contributed by atoms with Crippen molar-refractivity contribution in [3.05, 3.63) is 34.1 Å². The van der Waals surface area contributed by atoms with Crippen molar-refractivity contribution in [1.29, 1.82) is 0 Å². The van der Waals surface area contributed by atoms with Crippen LogP contribution in [-0.4, -0.2) is 26.3 Å². The predicted octanol–water partition coefficient (Wildman–Crippen LogP) is 3.87. The van der Waals surface area contributed by atoms with E-state index in [1.54, 1.807) is 6.92 Å². The Bertz CT molecular complexity index is 726. The highest BCUT2D eigenvalue weighted by atomic mass is 79.9. The lowest BCUT2D eigenvalue weighted by atomic mass is 10.0. The Morgan fingerprint density at radius 3 is 2.64 bits per heavy atom. The number of hydrogen-bond donors (Lipinski definition) is 2. The highest BCUT2D eigenvalue weighted by Crippen LogP contribution is 2.43. The molecule has 2 rings (SSSR count). The summed E-state index contributed by atoms with van der Waals surface area (Å²) in [7, 11) is 0. The molecule has 0 spiro atoms. The number of halogens is 4. The minimum atomic E-state index is -4.66. The van der Waals surface area contributed by atoms with Gasteiger partial charge < -0.3 is 10.3 Å². The summed E-state index contributed by atoms with van der Waals surface area (Å²) in [6.45, 7) is 1.90. The molecule has 0 saturated heterocycles. The zero-order valence-corrected chi connectivity index (χ0v) is 12.9. The summed E-state index contributed by atoms with van der Waals surface area (Å²) in [5, 5.41) is 25.0. The molecule has 1 aromatic carbocycles. The van der Waals surface area contributed by atoms with Crippen LogP contribution in [0.3, 0.4) is 0 Å². The lowest BCUT2D eigenvalue weighted by molar-refractivity contribution is -0.141. The molecule has 0 amide bonds. The van der Waals surface area contributed by atoms with Crippen molar-refractivity contribution < 1.29 is 23.5 Å². The minimum absolute atomic E-state index is 0.0653. The van der Waals surface area contributed by atoms with Crippen LogP contribution in [-0.2, 0) is 12.7 Å². The Morgan fingerprint density at radius 1 is 1.41 bits per heavy atom. The predicted molar refractivity (Wildman–Crippen MR) is 77.1 cm³/mol. The van der Waals surface area contributed by atoms with Gasteiger partial charge in [-0.3, -0.25) is 4.68 Å². The molecule has 22 heavy (non-hydrogen) atoms. The summed E-state index contributed by atoms with van der Waals surface area (Å²) in [6.07, 6.45) is -2.52. The quantitative estimate of drug-likeness (QED) is 0.484. The highest BCUT2D eigenvalue weighted by Gasteiger charge is 2.38. The maximum atomic E-state index is 13.2. The molecule has 1 aromatic heterocycles. The molecule has 2 N–H and O–H groups in total. The molecular formula is C13H11BrF3N3O2. The third-order valence-corrected chi connectivity index (χ3v) is 3.64. The van der Waals surface area contributed by atoms with E-state index in [1.165, 1.54) is 18.3 Å². The second kappa shape index (κ2) is 5.99. The van der Waals surface area contributed by atoms with Gasteiger partial charge in [0.2, 0.25) is 0 Å². The van der Waals surface area contributed by atoms with Crippen molar-refractivity contribution >= 4 is 22.1 Å². The molecule has 0 bridgehead atoms. The Labute approximate surface area is 131 Å². The smallest absolute Gasteiger partial charge is 0.435 e. The van der Waals surface area contributed by atoms with E-state index in [1.807, 2.05) is 0 Å². The van der Waals surface area contributed by atoms with E-state index < -0.39 is 17.6 Å². The van der Waals surface area contributed by atoms with E-state index in [2.05, 4.69) is 26.2 Å². The molecule has 5 nitrogen and oxygen atoms in total. The summed E-state index contributed by atoms with van der Waals surface area (Å²) in [5.74, 6) is -0.437. The summed E-state index contributed by atoms with van der Waals surface area (Å²) in [6, 6.07) is 2.86. The van der Waals surface area contributed by atoms with Gasteiger partial charge in [-0.1, -0.05) is 21.1 Å². The first-order chi connectivity index (χ1) is 10.3. The summed E-state index contributed by atoms with van der Waals surface area (Å²) >= 11 is 3.13. The maximum Gasteiger partial charge on any atom is 0.435 e. The van der Waals surface area contributed by atoms with Crippen molar-refractivity contribution in [3.8, 4) is 16.9 Å². The highest BCUT2D eigenvalue weighted by molar-refractivity contribution is 9.10. The van der Waals surface area contributed by atoms with Crippen LogP contribution in [0.1, 0.15) is 18.2 Å². The number of aromatic nitrogens is 2. The van der Waals surface area contributed by atoms with E-state index >= 15 is 0 Å². The molecule has 118 valence electrons. The Kier molecular flexibility index (Phi) is 4.45. The molecule has 0 radical (unpaired) electrons. The van der Waals surface area contributed by atoms with Gasteiger partial charge in [-0.15, -0.1) is 0 Å². The molecule has 0 unspecified atom stereocenters. The average Bonchev–Trinajstić information content (AvgIpc) is 2.86. The van der Waals surface area contributed by atoms with Gasteiger partial charge in [0.1, 0.15) is 5.75 Å². The normalized spacial score (nSPS) is 12.2. The number of hydrogen-bond acceptors (Lipinski definition) is 4. The number of benzene rings is 1. The summed E-state index contributed by atoms with van der Waals surface area (Å²) in [5.41, 5.74) is -1.34. The second-order valence-electron chi connectivity index (χ2n) is 4.35. The van der Waals surface area contributed by atoms with Gasteiger partial charge in [0.25, 0.3) is 0 Å². The van der Waals surface area contributed by atoms with E-state index in [0.717, 1.165) is 10.9 Å². The maximum absolute atomic E-state index is 13.2. The van der Waals surface area contributed by atoms with Gasteiger partial charge in [0, 0.05) is 33.9 Å². The van der Waals surface area contributed by atoms with Crippen molar-refractivity contribution in [1.82, 2.24) is 9.78 Å². The van der Waals surface area contributed by atoms with Crippen molar-refractivity contribution in [2.24, 2.45) is 5.16 Å². The van der Waals surface area contributed by atoms with Crippen molar-refractivity contribution in [2.45, 2.75) is 19.6 Å². The average molecular weight is 378 g/mol. The van der Waals surface area contributed by atoms with Crippen molar-refractivity contribution in [2.75, 3.05) is 0 Å². The monoisotopic (exact) mass is 377 g/mol. The molecule has 2 aromatic rings. The van der Waals surface area contributed by atoms with Crippen LogP contribution >= 0.6 is 15.9 Å². The topological polar surface area (TPSA) is 70.6 Å². The largest absolute Gasteiger partial charge is 0.507 e. The number of aryl methyl sites for hydroxylation is 1. The number of alkyl halides is 3. The first kappa shape index (κ1) is 16.3. The summed E-state index contributed by atoms with van der Waals surface area (Å²) < 4.78 is 40.9. The molecule has 1 heterocycles. The lowest BCUT2D eigenvalue weighted by Crippen LogP contribution is -2.09. The van der Waals surface area contributed by atoms with Crippen LogP contribution < -0.4 is 0 Å².